The van der Waals surface area contributed by atoms with Crippen molar-refractivity contribution < 1.29 is 4.79 Å². The molecule has 2 aromatic heterocycles. The molecule has 0 unspecified atom stereocenters. The van der Waals surface area contributed by atoms with Crippen molar-refractivity contribution >= 4 is 45.6 Å². The number of aromatic nitrogens is 3. The van der Waals surface area contributed by atoms with E-state index in [1.165, 1.54) is 33.7 Å². The van der Waals surface area contributed by atoms with Gasteiger partial charge in [0, 0.05) is 23.4 Å². The van der Waals surface area contributed by atoms with Crippen LogP contribution < -0.4 is 10.9 Å². The minimum Gasteiger partial charge on any atom is -0.351 e. The zero-order valence-electron chi connectivity index (χ0n) is 14.1. The Kier molecular flexibility index (Phi) is 6.29. The van der Waals surface area contributed by atoms with E-state index in [1.807, 2.05) is 25.1 Å². The Labute approximate surface area is 163 Å². The highest BCUT2D eigenvalue weighted by molar-refractivity contribution is 7.99. The fourth-order valence-corrected chi connectivity index (χ4v) is 4.08. The largest absolute Gasteiger partial charge is 0.351 e. The Morgan fingerprint density at radius 1 is 1.38 bits per heavy atom. The monoisotopic (exact) mass is 408 g/mol. The lowest BCUT2D eigenvalue weighted by Crippen LogP contribution is -2.24. The van der Waals surface area contributed by atoms with Gasteiger partial charge in [-0.2, -0.15) is 9.61 Å². The fraction of sp³-hybridized carbons (Fsp3) is 0.294. The van der Waals surface area contributed by atoms with E-state index >= 15 is 0 Å². The summed E-state index contributed by atoms with van der Waals surface area (Å²) in [5, 5.41) is 8.59. The van der Waals surface area contributed by atoms with E-state index in [0.29, 0.717) is 33.7 Å². The van der Waals surface area contributed by atoms with Crippen LogP contribution in [0.15, 0.2) is 35.1 Å². The van der Waals surface area contributed by atoms with E-state index in [0.717, 1.165) is 17.0 Å². The maximum atomic E-state index is 12.1. The van der Waals surface area contributed by atoms with Gasteiger partial charge < -0.3 is 5.32 Å². The first-order chi connectivity index (χ1) is 12.5. The van der Waals surface area contributed by atoms with E-state index in [2.05, 4.69) is 15.4 Å². The summed E-state index contributed by atoms with van der Waals surface area (Å²) in [6, 6.07) is 8.85. The molecule has 136 valence electrons. The molecule has 0 saturated carbocycles. The predicted molar refractivity (Wildman–Crippen MR) is 106 cm³/mol. The molecule has 3 aromatic rings. The van der Waals surface area contributed by atoms with Gasteiger partial charge >= 0.3 is 0 Å². The first kappa shape index (κ1) is 18.9. The number of aryl methyl sites for hydroxylation is 1. The molecule has 1 N–H and O–H groups in total. The smallest absolute Gasteiger partial charge is 0.275 e. The van der Waals surface area contributed by atoms with Crippen molar-refractivity contribution in [1.82, 2.24) is 19.9 Å². The molecule has 3 rings (SSSR count). The summed E-state index contributed by atoms with van der Waals surface area (Å²) in [6.07, 6.45) is 0.768. The first-order valence-electron chi connectivity index (χ1n) is 8.02. The van der Waals surface area contributed by atoms with Crippen molar-refractivity contribution in [2.24, 2.45) is 0 Å². The van der Waals surface area contributed by atoms with Crippen LogP contribution in [0.3, 0.4) is 0 Å². The van der Waals surface area contributed by atoms with Crippen LogP contribution in [0.5, 0.6) is 0 Å². The molecule has 9 heteroatoms. The first-order valence-corrected chi connectivity index (χ1v) is 10.4. The van der Waals surface area contributed by atoms with Crippen molar-refractivity contribution in [3.05, 3.63) is 62.0 Å². The SMILES string of the molecule is CCc1nn2c(=O)cc(CSCC(=O)NCc3cccc(Cl)c3)nc2s1. The fourth-order valence-electron chi connectivity index (χ4n) is 2.26. The summed E-state index contributed by atoms with van der Waals surface area (Å²) >= 11 is 8.75. The second kappa shape index (κ2) is 8.66. The molecule has 1 aromatic carbocycles. The lowest BCUT2D eigenvalue weighted by Gasteiger charge is -2.05. The second-order valence-corrected chi connectivity index (χ2v) is 7.99. The summed E-state index contributed by atoms with van der Waals surface area (Å²) in [6.45, 7) is 2.42. The molecule has 0 bridgehead atoms. The van der Waals surface area contributed by atoms with Gasteiger partial charge in [-0.25, -0.2) is 4.98 Å². The van der Waals surface area contributed by atoms with Gasteiger partial charge in [0.05, 0.1) is 11.4 Å². The normalized spacial score (nSPS) is 11.0. The summed E-state index contributed by atoms with van der Waals surface area (Å²) in [4.78, 5) is 29.1. The standard InChI is InChI=1S/C17H17ClN4O2S2/c1-2-15-21-22-16(24)7-13(20-17(22)26-15)9-25-10-14(23)19-8-11-4-3-5-12(18)6-11/h3-7H,2,8-10H2,1H3,(H,19,23). The highest BCUT2D eigenvalue weighted by atomic mass is 35.5. The number of halogens is 1. The highest BCUT2D eigenvalue weighted by Gasteiger charge is 2.09. The van der Waals surface area contributed by atoms with E-state index in [1.54, 1.807) is 6.07 Å². The molecular weight excluding hydrogens is 392 g/mol. The number of carbonyl (C=O) groups excluding carboxylic acids is 1. The van der Waals surface area contributed by atoms with Crippen molar-refractivity contribution in [3.63, 3.8) is 0 Å². The van der Waals surface area contributed by atoms with E-state index in [9.17, 15) is 9.59 Å². The molecular formula is C17H17ClN4O2S2. The predicted octanol–water partition coefficient (Wildman–Crippen LogP) is 2.92. The third-order valence-electron chi connectivity index (χ3n) is 3.50. The third-order valence-corrected chi connectivity index (χ3v) is 5.76. The number of nitrogens with zero attached hydrogens (tertiary/aromatic N) is 3. The Morgan fingerprint density at radius 2 is 2.23 bits per heavy atom. The maximum absolute atomic E-state index is 12.1. The molecule has 2 heterocycles. The van der Waals surface area contributed by atoms with Crippen LogP contribution >= 0.6 is 34.7 Å². The van der Waals surface area contributed by atoms with Crippen LogP contribution in [0.25, 0.3) is 4.96 Å². The Bertz CT molecular complexity index is 986. The third kappa shape index (κ3) is 4.84. The summed E-state index contributed by atoms with van der Waals surface area (Å²) in [5.41, 5.74) is 1.42. The van der Waals surface area contributed by atoms with Crippen LogP contribution in [0.1, 0.15) is 23.2 Å². The Balaban J connectivity index is 1.52. The Hall–Kier alpha value is -1.90. The van der Waals surface area contributed by atoms with Gasteiger partial charge in [0.15, 0.2) is 0 Å². The summed E-state index contributed by atoms with van der Waals surface area (Å²) in [7, 11) is 0. The number of hydrogen-bond donors (Lipinski definition) is 1. The molecule has 1 amide bonds. The van der Waals surface area contributed by atoms with Gasteiger partial charge in [0.25, 0.3) is 5.56 Å². The minimum absolute atomic E-state index is 0.0705. The second-order valence-electron chi connectivity index (χ2n) is 5.53. The van der Waals surface area contributed by atoms with Gasteiger partial charge in [-0.15, -0.1) is 11.8 Å². The van der Waals surface area contributed by atoms with Crippen LogP contribution in [-0.2, 0) is 23.5 Å². The molecule has 0 fully saturated rings. The van der Waals surface area contributed by atoms with Gasteiger partial charge in [-0.3, -0.25) is 9.59 Å². The lowest BCUT2D eigenvalue weighted by molar-refractivity contribution is -0.118. The van der Waals surface area contributed by atoms with Gasteiger partial charge in [-0.05, 0) is 24.1 Å². The molecule has 26 heavy (non-hydrogen) atoms. The molecule has 0 spiro atoms. The van der Waals surface area contributed by atoms with Crippen molar-refractivity contribution in [3.8, 4) is 0 Å². The number of thioether (sulfide) groups is 1. The zero-order valence-corrected chi connectivity index (χ0v) is 16.5. The summed E-state index contributed by atoms with van der Waals surface area (Å²) < 4.78 is 1.33. The van der Waals surface area contributed by atoms with E-state index in [-0.39, 0.29) is 11.5 Å². The molecule has 0 radical (unpaired) electrons. The van der Waals surface area contributed by atoms with Crippen LogP contribution in [-0.4, -0.2) is 26.3 Å². The number of fused-ring (bicyclic) bond motifs is 1. The minimum atomic E-state index is -0.188. The average molecular weight is 409 g/mol. The lowest BCUT2D eigenvalue weighted by atomic mass is 10.2. The van der Waals surface area contributed by atoms with Crippen LogP contribution in [0.2, 0.25) is 5.02 Å². The highest BCUT2D eigenvalue weighted by Crippen LogP contribution is 2.15. The number of nitrogens with one attached hydrogen (secondary N) is 1. The van der Waals surface area contributed by atoms with Crippen LogP contribution in [0.4, 0.5) is 0 Å². The Morgan fingerprint density at radius 3 is 3.00 bits per heavy atom. The van der Waals surface area contributed by atoms with Crippen molar-refractivity contribution in [2.75, 3.05) is 5.75 Å². The van der Waals surface area contributed by atoms with Crippen molar-refractivity contribution in [2.45, 2.75) is 25.6 Å². The molecule has 0 aliphatic carbocycles. The number of amides is 1. The molecule has 0 aliphatic rings. The van der Waals surface area contributed by atoms with E-state index < -0.39 is 0 Å². The number of hydrogen-bond acceptors (Lipinski definition) is 6. The van der Waals surface area contributed by atoms with Crippen molar-refractivity contribution in [1.29, 1.82) is 0 Å². The van der Waals surface area contributed by atoms with Crippen LogP contribution in [0, 0.1) is 0 Å². The number of carbonyl (C=O) groups is 1. The molecule has 0 aliphatic heterocycles. The maximum Gasteiger partial charge on any atom is 0.275 e. The van der Waals surface area contributed by atoms with E-state index in [4.69, 9.17) is 11.6 Å². The van der Waals surface area contributed by atoms with Gasteiger partial charge in [0.1, 0.15) is 5.01 Å². The molecule has 6 nitrogen and oxygen atoms in total. The van der Waals surface area contributed by atoms with Gasteiger partial charge in [0.2, 0.25) is 10.9 Å². The topological polar surface area (TPSA) is 76.4 Å². The number of rotatable bonds is 7. The zero-order chi connectivity index (χ0) is 18.5. The molecule has 0 atom stereocenters. The quantitative estimate of drug-likeness (QED) is 0.650. The summed E-state index contributed by atoms with van der Waals surface area (Å²) in [5.74, 6) is 0.721. The molecule has 0 saturated heterocycles. The average Bonchev–Trinajstić information content (AvgIpc) is 3.04. The van der Waals surface area contributed by atoms with Gasteiger partial charge in [-0.1, -0.05) is 42.0 Å². The number of benzene rings is 1.